The summed E-state index contributed by atoms with van der Waals surface area (Å²) >= 11 is 0. The minimum atomic E-state index is -0.527. The molecule has 168 valence electrons. The van der Waals surface area contributed by atoms with Gasteiger partial charge in [-0.25, -0.2) is 4.39 Å². The van der Waals surface area contributed by atoms with Crippen LogP contribution in [0.2, 0.25) is 0 Å². The molecule has 0 saturated carbocycles. The van der Waals surface area contributed by atoms with Gasteiger partial charge in [0.25, 0.3) is 5.91 Å². The standard InChI is InChI=1S/C25H28FN3O3/c26-23-4-2-1-3-22(23)25(31)27-20-11-13-29(14-12-20)24(30)10-7-19-5-8-21(9-6-19)28-15-17-32-18-16-28/h1-10,20H,11-18H2,(H,27,31). The molecular formula is C25H28FN3O3. The smallest absolute Gasteiger partial charge is 0.254 e. The van der Waals surface area contributed by atoms with E-state index in [4.69, 9.17) is 4.74 Å². The van der Waals surface area contributed by atoms with E-state index in [0.717, 1.165) is 37.6 Å². The van der Waals surface area contributed by atoms with Crippen molar-refractivity contribution in [2.45, 2.75) is 18.9 Å². The Morgan fingerprint density at radius 1 is 0.969 bits per heavy atom. The van der Waals surface area contributed by atoms with Gasteiger partial charge >= 0.3 is 0 Å². The predicted molar refractivity (Wildman–Crippen MR) is 122 cm³/mol. The van der Waals surface area contributed by atoms with Crippen molar-refractivity contribution >= 4 is 23.6 Å². The summed E-state index contributed by atoms with van der Waals surface area (Å²) in [5.74, 6) is -0.977. The SMILES string of the molecule is O=C(NC1CCN(C(=O)C=Cc2ccc(N3CCOCC3)cc2)CC1)c1ccccc1F. The fourth-order valence-electron chi connectivity index (χ4n) is 4.04. The lowest BCUT2D eigenvalue weighted by Gasteiger charge is -2.31. The monoisotopic (exact) mass is 437 g/mol. The van der Waals surface area contributed by atoms with E-state index >= 15 is 0 Å². The van der Waals surface area contributed by atoms with Crippen molar-refractivity contribution in [3.05, 3.63) is 71.6 Å². The number of carbonyl (C=O) groups excluding carboxylic acids is 2. The molecule has 0 aromatic heterocycles. The molecule has 0 unspecified atom stereocenters. The van der Waals surface area contributed by atoms with Gasteiger partial charge in [-0.3, -0.25) is 9.59 Å². The van der Waals surface area contributed by atoms with Crippen molar-refractivity contribution in [1.29, 1.82) is 0 Å². The summed E-state index contributed by atoms with van der Waals surface area (Å²) in [6.07, 6.45) is 4.72. The van der Waals surface area contributed by atoms with Crippen LogP contribution in [0.3, 0.4) is 0 Å². The molecule has 0 radical (unpaired) electrons. The Labute approximate surface area is 187 Å². The predicted octanol–water partition coefficient (Wildman–Crippen LogP) is 3.10. The highest BCUT2D eigenvalue weighted by molar-refractivity contribution is 5.94. The lowest BCUT2D eigenvalue weighted by Crippen LogP contribution is -2.46. The van der Waals surface area contributed by atoms with Crippen LogP contribution < -0.4 is 10.2 Å². The van der Waals surface area contributed by atoms with Crippen molar-refractivity contribution in [2.75, 3.05) is 44.3 Å². The molecule has 2 aromatic rings. The minimum Gasteiger partial charge on any atom is -0.378 e. The topological polar surface area (TPSA) is 61.9 Å². The molecule has 0 spiro atoms. The molecule has 2 heterocycles. The molecule has 6 nitrogen and oxygen atoms in total. The molecule has 2 aliphatic heterocycles. The number of hydrogen-bond acceptors (Lipinski definition) is 4. The number of ether oxygens (including phenoxy) is 1. The number of likely N-dealkylation sites (tertiary alicyclic amines) is 1. The number of morpholine rings is 1. The third-order valence-electron chi connectivity index (χ3n) is 5.95. The molecule has 2 aromatic carbocycles. The maximum atomic E-state index is 13.8. The summed E-state index contributed by atoms with van der Waals surface area (Å²) in [4.78, 5) is 28.9. The Balaban J connectivity index is 1.25. The summed E-state index contributed by atoms with van der Waals surface area (Å²) in [7, 11) is 0. The van der Waals surface area contributed by atoms with Crippen LogP contribution in [-0.4, -0.2) is 62.1 Å². The third-order valence-corrected chi connectivity index (χ3v) is 5.95. The Hall–Kier alpha value is -3.19. The second kappa shape index (κ2) is 10.4. The molecule has 0 aliphatic carbocycles. The van der Waals surface area contributed by atoms with E-state index < -0.39 is 11.7 Å². The summed E-state index contributed by atoms with van der Waals surface area (Å²) in [6.45, 7) is 4.40. The highest BCUT2D eigenvalue weighted by Gasteiger charge is 2.24. The molecule has 32 heavy (non-hydrogen) atoms. The lowest BCUT2D eigenvalue weighted by atomic mass is 10.0. The Morgan fingerprint density at radius 3 is 2.34 bits per heavy atom. The van der Waals surface area contributed by atoms with E-state index in [0.29, 0.717) is 25.9 Å². The quantitative estimate of drug-likeness (QED) is 0.731. The van der Waals surface area contributed by atoms with Gasteiger partial charge in [-0.1, -0.05) is 24.3 Å². The van der Waals surface area contributed by atoms with E-state index in [2.05, 4.69) is 22.3 Å². The fraction of sp³-hybridized carbons (Fsp3) is 0.360. The first-order valence-electron chi connectivity index (χ1n) is 11.1. The van der Waals surface area contributed by atoms with Crippen LogP contribution in [0.4, 0.5) is 10.1 Å². The average molecular weight is 438 g/mol. The van der Waals surface area contributed by atoms with E-state index in [1.807, 2.05) is 18.2 Å². The minimum absolute atomic E-state index is 0.0406. The molecule has 0 bridgehead atoms. The van der Waals surface area contributed by atoms with Gasteiger partial charge < -0.3 is 19.9 Å². The molecule has 1 N–H and O–H groups in total. The highest BCUT2D eigenvalue weighted by atomic mass is 19.1. The van der Waals surface area contributed by atoms with Crippen LogP contribution >= 0.6 is 0 Å². The maximum Gasteiger partial charge on any atom is 0.254 e. The number of halogens is 1. The maximum absolute atomic E-state index is 13.8. The van der Waals surface area contributed by atoms with Crippen molar-refractivity contribution in [2.24, 2.45) is 0 Å². The van der Waals surface area contributed by atoms with E-state index in [-0.39, 0.29) is 17.5 Å². The second-order valence-corrected chi connectivity index (χ2v) is 8.08. The van der Waals surface area contributed by atoms with Crippen molar-refractivity contribution in [1.82, 2.24) is 10.2 Å². The summed E-state index contributed by atoms with van der Waals surface area (Å²) < 4.78 is 19.2. The molecule has 4 rings (SSSR count). The van der Waals surface area contributed by atoms with Crippen molar-refractivity contribution < 1.29 is 18.7 Å². The van der Waals surface area contributed by atoms with Gasteiger partial charge in [-0.2, -0.15) is 0 Å². The molecule has 2 amide bonds. The number of nitrogens with zero attached hydrogens (tertiary/aromatic N) is 2. The van der Waals surface area contributed by atoms with Gasteiger partial charge in [0.05, 0.1) is 18.8 Å². The summed E-state index contributed by atoms with van der Waals surface area (Å²) in [5, 5.41) is 2.88. The average Bonchev–Trinajstić information content (AvgIpc) is 2.84. The zero-order valence-corrected chi connectivity index (χ0v) is 18.0. The number of carbonyl (C=O) groups is 2. The lowest BCUT2D eigenvalue weighted by molar-refractivity contribution is -0.126. The van der Waals surface area contributed by atoms with Crippen LogP contribution in [0.15, 0.2) is 54.6 Å². The molecule has 7 heteroatoms. The van der Waals surface area contributed by atoms with Gasteiger partial charge in [0, 0.05) is 44.0 Å². The zero-order chi connectivity index (χ0) is 22.3. The van der Waals surface area contributed by atoms with Crippen LogP contribution in [0.1, 0.15) is 28.8 Å². The highest BCUT2D eigenvalue weighted by Crippen LogP contribution is 2.18. The van der Waals surface area contributed by atoms with Crippen LogP contribution in [0, 0.1) is 5.82 Å². The normalized spacial score (nSPS) is 17.5. The van der Waals surface area contributed by atoms with Gasteiger partial charge in [0.2, 0.25) is 5.91 Å². The Morgan fingerprint density at radius 2 is 1.66 bits per heavy atom. The van der Waals surface area contributed by atoms with E-state index in [1.54, 1.807) is 23.1 Å². The van der Waals surface area contributed by atoms with Gasteiger partial charge in [0.1, 0.15) is 5.82 Å². The number of rotatable bonds is 5. The fourth-order valence-corrected chi connectivity index (χ4v) is 4.04. The third kappa shape index (κ3) is 5.53. The Kier molecular flexibility index (Phi) is 7.17. The second-order valence-electron chi connectivity index (χ2n) is 8.08. The number of hydrogen-bond donors (Lipinski definition) is 1. The number of anilines is 1. The Bertz CT molecular complexity index is 963. The molecule has 2 saturated heterocycles. The number of benzene rings is 2. The van der Waals surface area contributed by atoms with E-state index in [9.17, 15) is 14.0 Å². The first-order chi connectivity index (χ1) is 15.6. The molecular weight excluding hydrogens is 409 g/mol. The van der Waals surface area contributed by atoms with Crippen LogP contribution in [0.25, 0.3) is 6.08 Å². The number of nitrogens with one attached hydrogen (secondary N) is 1. The summed E-state index contributed by atoms with van der Waals surface area (Å²) in [6, 6.07) is 14.0. The first kappa shape index (κ1) is 22.0. The summed E-state index contributed by atoms with van der Waals surface area (Å²) in [5.41, 5.74) is 2.19. The molecule has 2 aliphatic rings. The van der Waals surface area contributed by atoms with Gasteiger partial charge in [0.15, 0.2) is 0 Å². The van der Waals surface area contributed by atoms with Crippen LogP contribution in [0.5, 0.6) is 0 Å². The van der Waals surface area contributed by atoms with Crippen molar-refractivity contribution in [3.8, 4) is 0 Å². The first-order valence-corrected chi connectivity index (χ1v) is 11.1. The number of piperidine rings is 1. The molecule has 0 atom stereocenters. The van der Waals surface area contributed by atoms with Crippen molar-refractivity contribution in [3.63, 3.8) is 0 Å². The zero-order valence-electron chi connectivity index (χ0n) is 18.0. The van der Waals surface area contributed by atoms with Gasteiger partial charge in [-0.15, -0.1) is 0 Å². The van der Waals surface area contributed by atoms with Gasteiger partial charge in [-0.05, 0) is 48.7 Å². The largest absolute Gasteiger partial charge is 0.378 e. The number of amides is 2. The van der Waals surface area contributed by atoms with E-state index in [1.165, 1.54) is 12.1 Å². The molecule has 2 fully saturated rings. The van der Waals surface area contributed by atoms with Crippen LogP contribution in [-0.2, 0) is 9.53 Å².